The predicted molar refractivity (Wildman–Crippen MR) is 78.8 cm³/mol. The Morgan fingerprint density at radius 2 is 2.17 bits per heavy atom. The smallest absolute Gasteiger partial charge is 0.325 e. The fraction of sp³-hybridized carbons (Fsp3) is 0.400. The molecule has 0 aliphatic carbocycles. The molecular formula is C15H17FN4O3. The van der Waals surface area contributed by atoms with E-state index in [0.717, 1.165) is 0 Å². The Labute approximate surface area is 132 Å². The van der Waals surface area contributed by atoms with Crippen molar-refractivity contribution in [2.75, 3.05) is 32.7 Å². The Balaban J connectivity index is 1.74. The number of hydrogen-bond acceptors (Lipinski definition) is 4. The van der Waals surface area contributed by atoms with Gasteiger partial charge in [-0.25, -0.2) is 9.18 Å². The number of halogens is 1. The minimum atomic E-state index is -0.555. The number of carbonyl (C=O) groups excluding carboxylic acids is 3. The lowest BCUT2D eigenvalue weighted by Crippen LogP contribution is -2.51. The molecule has 0 spiro atoms. The number of imide groups is 1. The molecule has 3 rings (SSSR count). The maximum absolute atomic E-state index is 13.4. The molecule has 7 nitrogen and oxygen atoms in total. The van der Waals surface area contributed by atoms with Crippen LogP contribution in [-0.4, -0.2) is 60.4 Å². The average Bonchev–Trinajstić information content (AvgIpc) is 2.85. The molecule has 8 heteroatoms. The summed E-state index contributed by atoms with van der Waals surface area (Å²) in [7, 11) is 0. The van der Waals surface area contributed by atoms with Gasteiger partial charge < -0.3 is 15.1 Å². The molecule has 23 heavy (non-hydrogen) atoms. The molecule has 0 saturated carbocycles. The van der Waals surface area contributed by atoms with Crippen LogP contribution in [-0.2, 0) is 9.59 Å². The van der Waals surface area contributed by atoms with Crippen molar-refractivity contribution in [3.63, 3.8) is 0 Å². The van der Waals surface area contributed by atoms with Crippen LogP contribution < -0.4 is 10.6 Å². The number of carbonyl (C=O) groups is 3. The van der Waals surface area contributed by atoms with Gasteiger partial charge in [-0.15, -0.1) is 0 Å². The number of hydrogen-bond donors (Lipinski definition) is 2. The fourth-order valence-corrected chi connectivity index (χ4v) is 2.88. The summed E-state index contributed by atoms with van der Waals surface area (Å²) in [6.07, 6.45) is 0. The van der Waals surface area contributed by atoms with Crippen LogP contribution in [0.4, 0.5) is 9.18 Å². The molecule has 2 heterocycles. The van der Waals surface area contributed by atoms with E-state index in [1.165, 1.54) is 17.0 Å². The van der Waals surface area contributed by atoms with E-state index in [1.807, 2.05) is 0 Å². The molecule has 122 valence electrons. The number of amides is 4. The minimum Gasteiger partial charge on any atom is -0.332 e. The third-order valence-electron chi connectivity index (χ3n) is 3.99. The molecule has 2 fully saturated rings. The largest absolute Gasteiger partial charge is 0.332 e. The highest BCUT2D eigenvalue weighted by Crippen LogP contribution is 2.23. The Bertz CT molecular complexity index is 651. The average molecular weight is 320 g/mol. The van der Waals surface area contributed by atoms with Crippen molar-refractivity contribution in [2.45, 2.75) is 6.04 Å². The van der Waals surface area contributed by atoms with Crippen molar-refractivity contribution >= 4 is 17.8 Å². The summed E-state index contributed by atoms with van der Waals surface area (Å²) in [4.78, 5) is 38.1. The van der Waals surface area contributed by atoms with Gasteiger partial charge in [-0.1, -0.05) is 12.1 Å². The molecule has 0 aromatic heterocycles. The van der Waals surface area contributed by atoms with Gasteiger partial charge in [-0.2, -0.15) is 0 Å². The van der Waals surface area contributed by atoms with Crippen molar-refractivity contribution in [3.05, 3.63) is 35.6 Å². The number of nitrogens with one attached hydrogen (secondary N) is 2. The second kappa shape index (κ2) is 6.33. The van der Waals surface area contributed by atoms with Gasteiger partial charge >= 0.3 is 6.03 Å². The van der Waals surface area contributed by atoms with Gasteiger partial charge in [0.1, 0.15) is 18.9 Å². The molecule has 1 aromatic rings. The minimum absolute atomic E-state index is 0.110. The SMILES string of the molecule is O=C1CN(CC(=O)N2CCNCC2c2cccc(F)c2)C(=O)N1. The van der Waals surface area contributed by atoms with Crippen LogP contribution in [0.15, 0.2) is 24.3 Å². The molecule has 1 aromatic carbocycles. The summed E-state index contributed by atoms with van der Waals surface area (Å²) < 4.78 is 13.4. The molecule has 0 radical (unpaired) electrons. The van der Waals surface area contributed by atoms with E-state index in [1.54, 1.807) is 17.0 Å². The molecule has 2 aliphatic rings. The molecule has 2 aliphatic heterocycles. The van der Waals surface area contributed by atoms with E-state index in [0.29, 0.717) is 25.2 Å². The second-order valence-corrected chi connectivity index (χ2v) is 5.57. The zero-order valence-electron chi connectivity index (χ0n) is 12.4. The van der Waals surface area contributed by atoms with Gasteiger partial charge in [-0.05, 0) is 17.7 Å². The third kappa shape index (κ3) is 3.31. The predicted octanol–water partition coefficient (Wildman–Crippen LogP) is -0.150. The van der Waals surface area contributed by atoms with E-state index in [-0.39, 0.29) is 30.9 Å². The number of piperazine rings is 1. The normalized spacial score (nSPS) is 21.5. The number of nitrogens with zero attached hydrogens (tertiary/aromatic N) is 2. The van der Waals surface area contributed by atoms with Gasteiger partial charge in [0.05, 0.1) is 6.04 Å². The van der Waals surface area contributed by atoms with Crippen molar-refractivity contribution in [1.29, 1.82) is 0 Å². The number of urea groups is 1. The molecule has 0 bridgehead atoms. The Morgan fingerprint density at radius 1 is 1.35 bits per heavy atom. The first-order valence-corrected chi connectivity index (χ1v) is 7.39. The zero-order valence-corrected chi connectivity index (χ0v) is 12.4. The van der Waals surface area contributed by atoms with Crippen LogP contribution in [0.2, 0.25) is 0 Å². The Kier molecular flexibility index (Phi) is 4.24. The number of rotatable bonds is 3. The van der Waals surface area contributed by atoms with E-state index < -0.39 is 11.9 Å². The van der Waals surface area contributed by atoms with Crippen LogP contribution in [0, 0.1) is 5.82 Å². The van der Waals surface area contributed by atoms with Gasteiger partial charge in [0.25, 0.3) is 0 Å². The van der Waals surface area contributed by atoms with Crippen molar-refractivity contribution < 1.29 is 18.8 Å². The Hall–Kier alpha value is -2.48. The van der Waals surface area contributed by atoms with Gasteiger partial charge in [-0.3, -0.25) is 14.9 Å². The van der Waals surface area contributed by atoms with Gasteiger partial charge in [0.15, 0.2) is 0 Å². The van der Waals surface area contributed by atoms with Crippen LogP contribution in [0.3, 0.4) is 0 Å². The lowest BCUT2D eigenvalue weighted by atomic mass is 10.0. The molecule has 1 unspecified atom stereocenters. The monoisotopic (exact) mass is 320 g/mol. The molecule has 4 amide bonds. The first-order valence-electron chi connectivity index (χ1n) is 7.39. The maximum atomic E-state index is 13.4. The summed E-state index contributed by atoms with van der Waals surface area (Å²) in [5.74, 6) is -1.03. The van der Waals surface area contributed by atoms with E-state index in [4.69, 9.17) is 0 Å². The first kappa shape index (κ1) is 15.4. The van der Waals surface area contributed by atoms with E-state index >= 15 is 0 Å². The first-order chi connectivity index (χ1) is 11.0. The van der Waals surface area contributed by atoms with Crippen LogP contribution in [0.5, 0.6) is 0 Å². The molecule has 2 saturated heterocycles. The quantitative estimate of drug-likeness (QED) is 0.759. The van der Waals surface area contributed by atoms with Crippen molar-refractivity contribution in [2.24, 2.45) is 0 Å². The summed E-state index contributed by atoms with van der Waals surface area (Å²) in [6.45, 7) is 1.33. The van der Waals surface area contributed by atoms with E-state index in [9.17, 15) is 18.8 Å². The summed E-state index contributed by atoms with van der Waals surface area (Å²) >= 11 is 0. The van der Waals surface area contributed by atoms with Crippen molar-refractivity contribution in [1.82, 2.24) is 20.4 Å². The molecule has 1 atom stereocenters. The fourth-order valence-electron chi connectivity index (χ4n) is 2.88. The van der Waals surface area contributed by atoms with Gasteiger partial charge in [0, 0.05) is 19.6 Å². The highest BCUT2D eigenvalue weighted by molar-refractivity contribution is 6.03. The van der Waals surface area contributed by atoms with Crippen LogP contribution in [0.1, 0.15) is 11.6 Å². The van der Waals surface area contributed by atoms with E-state index in [2.05, 4.69) is 10.6 Å². The molecular weight excluding hydrogens is 303 g/mol. The van der Waals surface area contributed by atoms with Gasteiger partial charge in [0.2, 0.25) is 11.8 Å². The lowest BCUT2D eigenvalue weighted by Gasteiger charge is -2.37. The molecule has 2 N–H and O–H groups in total. The highest BCUT2D eigenvalue weighted by atomic mass is 19.1. The standard InChI is InChI=1S/C15H17FN4O3/c16-11-3-1-2-10(6-11)12-7-17-4-5-20(12)14(22)9-19-8-13(21)18-15(19)23/h1-3,6,12,17H,4-5,7-9H2,(H,18,21,23). The lowest BCUT2D eigenvalue weighted by molar-refractivity contribution is -0.135. The maximum Gasteiger partial charge on any atom is 0.325 e. The third-order valence-corrected chi connectivity index (χ3v) is 3.99. The van der Waals surface area contributed by atoms with Crippen LogP contribution >= 0.6 is 0 Å². The number of benzene rings is 1. The Morgan fingerprint density at radius 3 is 2.87 bits per heavy atom. The summed E-state index contributed by atoms with van der Waals surface area (Å²) in [6, 6.07) is 5.28. The highest BCUT2D eigenvalue weighted by Gasteiger charge is 2.33. The zero-order chi connectivity index (χ0) is 16.4. The summed E-state index contributed by atoms with van der Waals surface area (Å²) in [5.41, 5.74) is 0.701. The summed E-state index contributed by atoms with van der Waals surface area (Å²) in [5, 5.41) is 5.32. The second-order valence-electron chi connectivity index (χ2n) is 5.57. The van der Waals surface area contributed by atoms with Crippen LogP contribution in [0.25, 0.3) is 0 Å². The van der Waals surface area contributed by atoms with Crippen molar-refractivity contribution in [3.8, 4) is 0 Å². The topological polar surface area (TPSA) is 81.8 Å².